The Morgan fingerprint density at radius 1 is 1.15 bits per heavy atom. The Hall–Kier alpha value is -3.26. The molecule has 0 spiro atoms. The number of carbonyl (C=O) groups excluding carboxylic acids is 2. The molecular formula is C25H26N4O3S. The van der Waals surface area contributed by atoms with Crippen molar-refractivity contribution in [2.45, 2.75) is 36.6 Å². The van der Waals surface area contributed by atoms with Gasteiger partial charge in [-0.1, -0.05) is 23.9 Å². The van der Waals surface area contributed by atoms with Crippen molar-refractivity contribution in [3.05, 3.63) is 82.9 Å². The largest absolute Gasteiger partial charge is 0.465 e. The Morgan fingerprint density at radius 3 is 2.79 bits per heavy atom. The van der Waals surface area contributed by atoms with Gasteiger partial charge in [0.1, 0.15) is 0 Å². The first-order valence-corrected chi connectivity index (χ1v) is 11.9. The third-order valence-corrected chi connectivity index (χ3v) is 6.58. The first-order chi connectivity index (χ1) is 16.0. The zero-order valence-electron chi connectivity index (χ0n) is 18.7. The standard InChI is InChI=1S/C25H26N4O3S/c1-17-14-27-25(33-16-21-10-3-4-11-26-21)28-22(17)20-9-6-12-29(15-20)23(30)18-7-5-8-19(13-18)24(31)32-2/h3-5,7-8,10-11,13-14,20H,6,9,12,15-16H2,1-2H3/t20-/m1/s1. The minimum atomic E-state index is -0.450. The van der Waals surface area contributed by atoms with E-state index in [0.717, 1.165) is 34.9 Å². The lowest BCUT2D eigenvalue weighted by molar-refractivity contribution is 0.0600. The van der Waals surface area contributed by atoms with Crippen LogP contribution in [-0.2, 0) is 10.5 Å². The van der Waals surface area contributed by atoms with Crippen molar-refractivity contribution < 1.29 is 14.3 Å². The Balaban J connectivity index is 1.48. The van der Waals surface area contributed by atoms with E-state index in [-0.39, 0.29) is 11.8 Å². The zero-order chi connectivity index (χ0) is 23.2. The van der Waals surface area contributed by atoms with Gasteiger partial charge in [0.25, 0.3) is 5.91 Å². The molecule has 1 fully saturated rings. The first kappa shape index (κ1) is 22.9. The number of hydrogen-bond donors (Lipinski definition) is 0. The lowest BCUT2D eigenvalue weighted by Gasteiger charge is -2.33. The number of methoxy groups -OCH3 is 1. The average Bonchev–Trinajstić information content (AvgIpc) is 2.88. The van der Waals surface area contributed by atoms with E-state index >= 15 is 0 Å². The van der Waals surface area contributed by atoms with E-state index in [4.69, 9.17) is 9.72 Å². The Morgan fingerprint density at radius 2 is 2.00 bits per heavy atom. The fraction of sp³-hybridized carbons (Fsp3) is 0.320. The summed E-state index contributed by atoms with van der Waals surface area (Å²) in [6.07, 6.45) is 5.51. The number of amides is 1. The molecule has 1 atom stereocenters. The monoisotopic (exact) mass is 462 g/mol. The number of benzene rings is 1. The Bertz CT molecular complexity index is 1140. The summed E-state index contributed by atoms with van der Waals surface area (Å²) >= 11 is 1.56. The number of pyridine rings is 1. The highest BCUT2D eigenvalue weighted by molar-refractivity contribution is 7.98. The van der Waals surface area contributed by atoms with E-state index in [1.807, 2.05) is 36.2 Å². The molecular weight excluding hydrogens is 436 g/mol. The van der Waals surface area contributed by atoms with E-state index < -0.39 is 5.97 Å². The van der Waals surface area contributed by atoms with Crippen LogP contribution in [0.2, 0.25) is 0 Å². The number of carbonyl (C=O) groups is 2. The van der Waals surface area contributed by atoms with Crippen LogP contribution in [0.5, 0.6) is 0 Å². The van der Waals surface area contributed by atoms with Crippen LogP contribution >= 0.6 is 11.8 Å². The van der Waals surface area contributed by atoms with E-state index in [2.05, 4.69) is 9.97 Å². The molecule has 0 unspecified atom stereocenters. The number of piperidine rings is 1. The number of aromatic nitrogens is 3. The summed E-state index contributed by atoms with van der Waals surface area (Å²) in [7, 11) is 1.33. The number of thioether (sulfide) groups is 1. The Kier molecular flexibility index (Phi) is 7.34. The van der Waals surface area contributed by atoms with E-state index in [9.17, 15) is 9.59 Å². The van der Waals surface area contributed by atoms with Gasteiger partial charge in [-0.2, -0.15) is 0 Å². The summed E-state index contributed by atoms with van der Waals surface area (Å²) in [4.78, 5) is 40.6. The summed E-state index contributed by atoms with van der Waals surface area (Å²) in [6.45, 7) is 3.29. The predicted octanol–water partition coefficient (Wildman–Crippen LogP) is 4.28. The summed E-state index contributed by atoms with van der Waals surface area (Å²) in [5.41, 5.74) is 3.87. The quantitative estimate of drug-likeness (QED) is 0.307. The zero-order valence-corrected chi connectivity index (χ0v) is 19.5. The molecule has 0 saturated carbocycles. The third-order valence-electron chi connectivity index (χ3n) is 5.69. The highest BCUT2D eigenvalue weighted by Crippen LogP contribution is 2.30. The maximum atomic E-state index is 13.2. The maximum absolute atomic E-state index is 13.2. The van der Waals surface area contributed by atoms with Gasteiger partial charge in [-0.25, -0.2) is 14.8 Å². The van der Waals surface area contributed by atoms with Crippen molar-refractivity contribution in [1.82, 2.24) is 19.9 Å². The highest BCUT2D eigenvalue weighted by Gasteiger charge is 2.28. The van der Waals surface area contributed by atoms with Gasteiger partial charge in [-0.3, -0.25) is 9.78 Å². The molecule has 1 aliphatic heterocycles. The molecule has 0 radical (unpaired) electrons. The lowest BCUT2D eigenvalue weighted by Crippen LogP contribution is -2.39. The molecule has 170 valence electrons. The minimum Gasteiger partial charge on any atom is -0.465 e. The van der Waals surface area contributed by atoms with Gasteiger partial charge in [-0.15, -0.1) is 0 Å². The molecule has 0 aliphatic carbocycles. The van der Waals surface area contributed by atoms with E-state index in [1.165, 1.54) is 7.11 Å². The fourth-order valence-electron chi connectivity index (χ4n) is 4.01. The second kappa shape index (κ2) is 10.6. The van der Waals surface area contributed by atoms with Gasteiger partial charge in [0, 0.05) is 42.7 Å². The maximum Gasteiger partial charge on any atom is 0.337 e. The molecule has 1 amide bonds. The normalized spacial score (nSPS) is 15.8. The van der Waals surface area contributed by atoms with Gasteiger partial charge >= 0.3 is 5.97 Å². The minimum absolute atomic E-state index is 0.0816. The third kappa shape index (κ3) is 5.57. The molecule has 33 heavy (non-hydrogen) atoms. The summed E-state index contributed by atoms with van der Waals surface area (Å²) in [6, 6.07) is 12.6. The molecule has 0 N–H and O–H groups in total. The molecule has 8 heteroatoms. The van der Waals surface area contributed by atoms with E-state index in [1.54, 1.807) is 42.2 Å². The van der Waals surface area contributed by atoms with Crippen LogP contribution in [0.15, 0.2) is 60.0 Å². The highest BCUT2D eigenvalue weighted by atomic mass is 32.2. The van der Waals surface area contributed by atoms with Gasteiger partial charge in [0.15, 0.2) is 5.16 Å². The molecule has 2 aromatic heterocycles. The van der Waals surface area contributed by atoms with Crippen molar-refractivity contribution in [1.29, 1.82) is 0 Å². The smallest absolute Gasteiger partial charge is 0.337 e. The van der Waals surface area contributed by atoms with Crippen LogP contribution in [0, 0.1) is 6.92 Å². The summed E-state index contributed by atoms with van der Waals surface area (Å²) in [5.74, 6) is 0.314. The van der Waals surface area contributed by atoms with Crippen molar-refractivity contribution in [2.75, 3.05) is 20.2 Å². The van der Waals surface area contributed by atoms with Gasteiger partial charge < -0.3 is 9.64 Å². The molecule has 3 aromatic rings. The van der Waals surface area contributed by atoms with Crippen LogP contribution in [0.25, 0.3) is 0 Å². The number of rotatable bonds is 6. The second-order valence-corrected chi connectivity index (χ2v) is 8.94. The van der Waals surface area contributed by atoms with Crippen molar-refractivity contribution in [3.63, 3.8) is 0 Å². The number of nitrogens with zero attached hydrogens (tertiary/aromatic N) is 4. The molecule has 1 saturated heterocycles. The SMILES string of the molecule is COC(=O)c1cccc(C(=O)N2CCC[C@@H](c3nc(SCc4ccccn4)ncc3C)C2)c1. The number of esters is 1. The van der Waals surface area contributed by atoms with Crippen LogP contribution in [0.4, 0.5) is 0 Å². The molecule has 1 aliphatic rings. The van der Waals surface area contributed by atoms with Crippen molar-refractivity contribution >= 4 is 23.6 Å². The molecule has 0 bridgehead atoms. The van der Waals surface area contributed by atoms with Crippen LogP contribution in [0.1, 0.15) is 56.4 Å². The van der Waals surface area contributed by atoms with Gasteiger partial charge in [0.2, 0.25) is 0 Å². The predicted molar refractivity (Wildman–Crippen MR) is 126 cm³/mol. The molecule has 7 nitrogen and oxygen atoms in total. The summed E-state index contributed by atoms with van der Waals surface area (Å²) in [5, 5.41) is 0.718. The number of aryl methyl sites for hydroxylation is 1. The van der Waals surface area contributed by atoms with Crippen LogP contribution < -0.4 is 0 Å². The van der Waals surface area contributed by atoms with E-state index in [0.29, 0.717) is 30.0 Å². The van der Waals surface area contributed by atoms with Crippen LogP contribution in [0.3, 0.4) is 0 Å². The first-order valence-electron chi connectivity index (χ1n) is 10.9. The van der Waals surface area contributed by atoms with Crippen LogP contribution in [-0.4, -0.2) is 51.9 Å². The molecule has 3 heterocycles. The lowest BCUT2D eigenvalue weighted by atomic mass is 9.92. The van der Waals surface area contributed by atoms with Crippen molar-refractivity contribution in [3.8, 4) is 0 Å². The fourth-order valence-corrected chi connectivity index (χ4v) is 4.75. The average molecular weight is 463 g/mol. The van der Waals surface area contributed by atoms with Gasteiger partial charge in [0.05, 0.1) is 24.1 Å². The number of likely N-dealkylation sites (tertiary alicyclic amines) is 1. The van der Waals surface area contributed by atoms with Crippen molar-refractivity contribution in [2.24, 2.45) is 0 Å². The summed E-state index contributed by atoms with van der Waals surface area (Å²) < 4.78 is 4.78. The number of ether oxygens (including phenoxy) is 1. The molecule has 1 aromatic carbocycles. The second-order valence-electron chi connectivity index (χ2n) is 7.99. The number of hydrogen-bond acceptors (Lipinski definition) is 7. The topological polar surface area (TPSA) is 85.3 Å². The molecule has 4 rings (SSSR count). The van der Waals surface area contributed by atoms with Gasteiger partial charge in [-0.05, 0) is 55.7 Å². The Labute approximate surface area is 197 Å².